The van der Waals surface area contributed by atoms with E-state index in [0.717, 1.165) is 5.56 Å². The molecule has 21 heavy (non-hydrogen) atoms. The molecular weight excluding hydrogens is 290 g/mol. The Bertz CT molecular complexity index is 624. The molecule has 1 N–H and O–H groups in total. The zero-order valence-electron chi connectivity index (χ0n) is 11.9. The largest absolute Gasteiger partial charge is 0.395 e. The molecule has 0 aliphatic carbocycles. The summed E-state index contributed by atoms with van der Waals surface area (Å²) in [6.45, 7) is 2.89. The minimum absolute atomic E-state index is 0.0244. The number of rotatable bonds is 6. The number of epoxide rings is 1. The molecule has 1 heterocycles. The highest BCUT2D eigenvalue weighted by Gasteiger charge is 2.32. The maximum Gasteiger partial charge on any atom is 0.244 e. The zero-order chi connectivity index (χ0) is 15.3. The molecule has 5 nitrogen and oxygen atoms in total. The summed E-state index contributed by atoms with van der Waals surface area (Å²) in [4.78, 5) is 0.262. The van der Waals surface area contributed by atoms with Crippen molar-refractivity contribution < 1.29 is 18.3 Å². The van der Waals surface area contributed by atoms with Crippen molar-refractivity contribution in [2.45, 2.75) is 24.3 Å². The van der Waals surface area contributed by atoms with Crippen molar-refractivity contribution >= 4 is 10.0 Å². The first kappa shape index (κ1) is 16.0. The van der Waals surface area contributed by atoms with E-state index in [4.69, 9.17) is 9.84 Å². The van der Waals surface area contributed by atoms with Gasteiger partial charge in [-0.1, -0.05) is 29.5 Å². The van der Waals surface area contributed by atoms with Crippen molar-refractivity contribution in [3.8, 4) is 11.8 Å². The normalized spacial score (nSPS) is 17.4. The Labute approximate surface area is 125 Å². The van der Waals surface area contributed by atoms with E-state index in [2.05, 4.69) is 11.8 Å². The maximum absolute atomic E-state index is 12.6. The van der Waals surface area contributed by atoms with E-state index in [1.165, 1.54) is 4.31 Å². The van der Waals surface area contributed by atoms with Crippen LogP contribution in [0.3, 0.4) is 0 Å². The van der Waals surface area contributed by atoms with Crippen LogP contribution in [0.2, 0.25) is 0 Å². The van der Waals surface area contributed by atoms with Crippen molar-refractivity contribution in [2.24, 2.45) is 0 Å². The second-order valence-electron chi connectivity index (χ2n) is 4.89. The number of hydrogen-bond donors (Lipinski definition) is 1. The number of benzene rings is 1. The van der Waals surface area contributed by atoms with Gasteiger partial charge >= 0.3 is 0 Å². The molecule has 6 heteroatoms. The molecule has 1 saturated heterocycles. The number of sulfonamides is 1. The Kier molecular flexibility index (Phi) is 5.37. The Balaban J connectivity index is 2.17. The first-order chi connectivity index (χ1) is 10.0. The summed E-state index contributed by atoms with van der Waals surface area (Å²) in [5.74, 6) is 5.53. The number of aryl methyl sites for hydroxylation is 1. The van der Waals surface area contributed by atoms with Crippen LogP contribution in [0.15, 0.2) is 29.2 Å². The minimum atomic E-state index is -3.57. The fraction of sp³-hybridized carbons (Fsp3) is 0.467. The summed E-state index contributed by atoms with van der Waals surface area (Å²) in [6, 6.07) is 6.76. The van der Waals surface area contributed by atoms with Gasteiger partial charge < -0.3 is 9.84 Å². The van der Waals surface area contributed by atoms with Crippen LogP contribution < -0.4 is 0 Å². The van der Waals surface area contributed by atoms with Crippen molar-refractivity contribution in [3.05, 3.63) is 29.8 Å². The molecular formula is C15H19NO4S. The molecule has 1 unspecified atom stereocenters. The molecule has 1 aromatic rings. The molecule has 1 aliphatic rings. The van der Waals surface area contributed by atoms with Crippen molar-refractivity contribution in [1.82, 2.24) is 4.31 Å². The highest BCUT2D eigenvalue weighted by molar-refractivity contribution is 7.89. The molecule has 1 atom stereocenters. The first-order valence-corrected chi connectivity index (χ1v) is 8.23. The van der Waals surface area contributed by atoms with Crippen molar-refractivity contribution in [2.75, 3.05) is 26.3 Å². The van der Waals surface area contributed by atoms with Gasteiger partial charge in [0.05, 0.1) is 30.8 Å². The standard InChI is InChI=1S/C15H19NO4S/c1-13-5-7-15(8-6-13)21(18,19)16(11-14-12-20-14)9-3-2-4-10-17/h5-8,14,17H,4,9-12H2,1H3. The Morgan fingerprint density at radius 1 is 1.33 bits per heavy atom. The highest BCUT2D eigenvalue weighted by Crippen LogP contribution is 2.19. The number of nitrogens with zero attached hydrogens (tertiary/aromatic N) is 1. The van der Waals surface area contributed by atoms with Gasteiger partial charge in [0.1, 0.15) is 0 Å². The van der Waals surface area contributed by atoms with Crippen LogP contribution in [0.4, 0.5) is 0 Å². The van der Waals surface area contributed by atoms with Crippen molar-refractivity contribution in [3.63, 3.8) is 0 Å². The van der Waals surface area contributed by atoms with Gasteiger partial charge in [-0.05, 0) is 19.1 Å². The second kappa shape index (κ2) is 7.05. The molecule has 0 bridgehead atoms. The summed E-state index contributed by atoms with van der Waals surface area (Å²) >= 11 is 0. The molecule has 0 saturated carbocycles. The maximum atomic E-state index is 12.6. The first-order valence-electron chi connectivity index (χ1n) is 6.79. The lowest BCUT2D eigenvalue weighted by atomic mass is 10.2. The molecule has 0 amide bonds. The van der Waals surface area contributed by atoms with E-state index in [1.807, 2.05) is 6.92 Å². The summed E-state index contributed by atoms with van der Waals surface area (Å²) < 4.78 is 31.7. The molecule has 1 fully saturated rings. The third-order valence-electron chi connectivity index (χ3n) is 3.09. The SMILES string of the molecule is Cc1ccc(S(=O)(=O)N(CC#CCCO)CC2CO2)cc1. The zero-order valence-corrected chi connectivity index (χ0v) is 12.8. The van der Waals surface area contributed by atoms with Crippen LogP contribution in [-0.4, -0.2) is 50.2 Å². The molecule has 0 radical (unpaired) electrons. The van der Waals surface area contributed by atoms with E-state index >= 15 is 0 Å². The fourth-order valence-electron chi connectivity index (χ4n) is 1.80. The van der Waals surface area contributed by atoms with E-state index in [1.54, 1.807) is 24.3 Å². The number of hydrogen-bond acceptors (Lipinski definition) is 4. The molecule has 1 aromatic carbocycles. The van der Waals surface area contributed by atoms with E-state index < -0.39 is 10.0 Å². The van der Waals surface area contributed by atoms with Crippen LogP contribution in [0, 0.1) is 18.8 Å². The van der Waals surface area contributed by atoms with Crippen LogP contribution in [-0.2, 0) is 14.8 Å². The number of ether oxygens (including phenoxy) is 1. The third-order valence-corrected chi connectivity index (χ3v) is 4.91. The average molecular weight is 309 g/mol. The highest BCUT2D eigenvalue weighted by atomic mass is 32.2. The quantitative estimate of drug-likeness (QED) is 0.622. The fourth-order valence-corrected chi connectivity index (χ4v) is 3.17. The van der Waals surface area contributed by atoms with Gasteiger partial charge in [-0.3, -0.25) is 0 Å². The summed E-state index contributed by atoms with van der Waals surface area (Å²) in [7, 11) is -3.57. The predicted molar refractivity (Wildman–Crippen MR) is 79.2 cm³/mol. The number of aliphatic hydroxyl groups is 1. The molecule has 0 spiro atoms. The van der Waals surface area contributed by atoms with Gasteiger partial charge in [0.15, 0.2) is 0 Å². The van der Waals surface area contributed by atoms with E-state index in [9.17, 15) is 8.42 Å². The summed E-state index contributed by atoms with van der Waals surface area (Å²) in [6.07, 6.45) is 0.308. The third kappa shape index (κ3) is 4.55. The van der Waals surface area contributed by atoms with E-state index in [0.29, 0.717) is 19.6 Å². The molecule has 1 aliphatic heterocycles. The topological polar surface area (TPSA) is 70.1 Å². The lowest BCUT2D eigenvalue weighted by Crippen LogP contribution is -2.34. The van der Waals surface area contributed by atoms with Crippen LogP contribution in [0.1, 0.15) is 12.0 Å². The summed E-state index contributed by atoms with van der Waals surface area (Å²) in [5, 5.41) is 8.70. The van der Waals surface area contributed by atoms with Gasteiger partial charge in [-0.2, -0.15) is 4.31 Å². The van der Waals surface area contributed by atoms with Gasteiger partial charge in [0.25, 0.3) is 0 Å². The Morgan fingerprint density at radius 2 is 2.00 bits per heavy atom. The second-order valence-corrected chi connectivity index (χ2v) is 6.83. The molecule has 0 aromatic heterocycles. The molecule has 2 rings (SSSR count). The smallest absolute Gasteiger partial charge is 0.244 e. The lowest BCUT2D eigenvalue weighted by Gasteiger charge is -2.19. The van der Waals surface area contributed by atoms with Crippen LogP contribution >= 0.6 is 0 Å². The summed E-state index contributed by atoms with van der Waals surface area (Å²) in [5.41, 5.74) is 1.01. The molecule has 114 valence electrons. The van der Waals surface area contributed by atoms with Crippen LogP contribution in [0.25, 0.3) is 0 Å². The van der Waals surface area contributed by atoms with Gasteiger partial charge in [0.2, 0.25) is 10.0 Å². The van der Waals surface area contributed by atoms with Gasteiger partial charge in [-0.25, -0.2) is 8.42 Å². The lowest BCUT2D eigenvalue weighted by molar-refractivity contribution is 0.305. The van der Waals surface area contributed by atoms with Crippen LogP contribution in [0.5, 0.6) is 0 Å². The Morgan fingerprint density at radius 3 is 2.57 bits per heavy atom. The van der Waals surface area contributed by atoms with Crippen molar-refractivity contribution in [1.29, 1.82) is 0 Å². The number of aliphatic hydroxyl groups excluding tert-OH is 1. The van der Waals surface area contributed by atoms with E-state index in [-0.39, 0.29) is 24.2 Å². The predicted octanol–water partition coefficient (Wildman–Crippen LogP) is 0.770. The van der Waals surface area contributed by atoms with Gasteiger partial charge in [0, 0.05) is 13.0 Å². The minimum Gasteiger partial charge on any atom is -0.395 e. The Hall–Kier alpha value is -1.39. The average Bonchev–Trinajstić information content (AvgIpc) is 3.26. The monoisotopic (exact) mass is 309 g/mol. The van der Waals surface area contributed by atoms with Gasteiger partial charge in [-0.15, -0.1) is 0 Å².